The van der Waals surface area contributed by atoms with Crippen LogP contribution in [0.3, 0.4) is 0 Å². The zero-order chi connectivity index (χ0) is 12.8. The lowest BCUT2D eigenvalue weighted by atomic mass is 10.1. The number of carbonyl (C=O) groups excluding carboxylic acids is 1. The van der Waals surface area contributed by atoms with Gasteiger partial charge in [0.25, 0.3) is 0 Å². The molecule has 0 saturated heterocycles. The first-order valence-electron chi connectivity index (χ1n) is 6.33. The highest BCUT2D eigenvalue weighted by molar-refractivity contribution is 5.75. The van der Waals surface area contributed by atoms with Crippen molar-refractivity contribution in [3.05, 3.63) is 0 Å². The van der Waals surface area contributed by atoms with Crippen molar-refractivity contribution in [2.45, 2.75) is 58.0 Å². The first-order valence-corrected chi connectivity index (χ1v) is 6.33. The lowest BCUT2D eigenvalue weighted by molar-refractivity contribution is -0.137. The molecule has 1 aliphatic carbocycles. The van der Waals surface area contributed by atoms with Crippen LogP contribution in [-0.2, 0) is 4.79 Å². The molecular formula is C12H22N2O3. The average molecular weight is 242 g/mol. The van der Waals surface area contributed by atoms with Gasteiger partial charge in [-0.1, -0.05) is 0 Å². The SMILES string of the molecule is CCN(C(=O)NC(C)CCCC(=O)O)C1CC1. The zero-order valence-electron chi connectivity index (χ0n) is 10.6. The Hall–Kier alpha value is -1.26. The quantitative estimate of drug-likeness (QED) is 0.715. The van der Waals surface area contributed by atoms with Crippen LogP contribution >= 0.6 is 0 Å². The molecule has 1 fully saturated rings. The number of hydrogen-bond donors (Lipinski definition) is 2. The minimum Gasteiger partial charge on any atom is -0.481 e. The molecule has 5 nitrogen and oxygen atoms in total. The van der Waals surface area contributed by atoms with Gasteiger partial charge in [0.05, 0.1) is 0 Å². The molecular weight excluding hydrogens is 220 g/mol. The van der Waals surface area contributed by atoms with Gasteiger partial charge in [-0.05, 0) is 39.5 Å². The number of carboxylic acids is 1. The molecule has 0 radical (unpaired) electrons. The van der Waals surface area contributed by atoms with Crippen LogP contribution < -0.4 is 5.32 Å². The van der Waals surface area contributed by atoms with Crippen molar-refractivity contribution in [2.75, 3.05) is 6.54 Å². The molecule has 1 aliphatic rings. The zero-order valence-corrected chi connectivity index (χ0v) is 10.6. The number of carboxylic acid groups (broad SMARTS) is 1. The summed E-state index contributed by atoms with van der Waals surface area (Å²) in [7, 11) is 0. The molecule has 0 aromatic carbocycles. The van der Waals surface area contributed by atoms with Crippen LogP contribution in [0.15, 0.2) is 0 Å². The Labute approximate surface area is 102 Å². The van der Waals surface area contributed by atoms with E-state index in [1.54, 1.807) is 0 Å². The number of nitrogens with zero attached hydrogens (tertiary/aromatic N) is 1. The highest BCUT2D eigenvalue weighted by Gasteiger charge is 2.31. The van der Waals surface area contributed by atoms with E-state index >= 15 is 0 Å². The molecule has 2 N–H and O–H groups in total. The summed E-state index contributed by atoms with van der Waals surface area (Å²) in [5.74, 6) is -0.781. The average Bonchev–Trinajstić information content (AvgIpc) is 3.02. The molecule has 0 heterocycles. The van der Waals surface area contributed by atoms with Crippen LogP contribution in [0.2, 0.25) is 0 Å². The molecule has 1 atom stereocenters. The second-order valence-corrected chi connectivity index (χ2v) is 4.65. The van der Waals surface area contributed by atoms with Crippen LogP contribution in [0.25, 0.3) is 0 Å². The number of aliphatic carboxylic acids is 1. The minimum absolute atomic E-state index is 0.0159. The predicted octanol–water partition coefficient (Wildman–Crippen LogP) is 1.82. The Morgan fingerprint density at radius 2 is 2.12 bits per heavy atom. The molecule has 0 aliphatic heterocycles. The Morgan fingerprint density at radius 3 is 2.59 bits per heavy atom. The maximum atomic E-state index is 11.9. The molecule has 17 heavy (non-hydrogen) atoms. The third kappa shape index (κ3) is 5.06. The van der Waals surface area contributed by atoms with E-state index in [4.69, 9.17) is 5.11 Å². The number of hydrogen-bond acceptors (Lipinski definition) is 2. The first kappa shape index (κ1) is 13.8. The highest BCUT2D eigenvalue weighted by atomic mass is 16.4. The molecule has 1 saturated carbocycles. The van der Waals surface area contributed by atoms with Crippen LogP contribution in [0.1, 0.15) is 46.0 Å². The van der Waals surface area contributed by atoms with Gasteiger partial charge in [-0.2, -0.15) is 0 Å². The highest BCUT2D eigenvalue weighted by Crippen LogP contribution is 2.26. The molecule has 0 spiro atoms. The maximum absolute atomic E-state index is 11.9. The smallest absolute Gasteiger partial charge is 0.317 e. The second kappa shape index (κ2) is 6.47. The normalized spacial score (nSPS) is 16.4. The van der Waals surface area contributed by atoms with E-state index in [-0.39, 0.29) is 18.5 Å². The fraction of sp³-hybridized carbons (Fsp3) is 0.833. The van der Waals surface area contributed by atoms with Gasteiger partial charge in [-0.3, -0.25) is 4.79 Å². The van der Waals surface area contributed by atoms with Crippen LogP contribution in [-0.4, -0.2) is 40.6 Å². The summed E-state index contributed by atoms with van der Waals surface area (Å²) in [6.45, 7) is 4.63. The van der Waals surface area contributed by atoms with E-state index in [1.165, 1.54) is 0 Å². The van der Waals surface area contributed by atoms with Crippen molar-refractivity contribution in [3.63, 3.8) is 0 Å². The van der Waals surface area contributed by atoms with E-state index in [1.807, 2.05) is 18.7 Å². The summed E-state index contributed by atoms with van der Waals surface area (Å²) in [5.41, 5.74) is 0. The van der Waals surface area contributed by atoms with Crippen molar-refractivity contribution in [3.8, 4) is 0 Å². The lowest BCUT2D eigenvalue weighted by Crippen LogP contribution is -2.44. The Morgan fingerprint density at radius 1 is 1.47 bits per heavy atom. The second-order valence-electron chi connectivity index (χ2n) is 4.65. The number of rotatable bonds is 7. The maximum Gasteiger partial charge on any atom is 0.317 e. The number of urea groups is 1. The fourth-order valence-electron chi connectivity index (χ4n) is 1.88. The van der Waals surface area contributed by atoms with Gasteiger partial charge in [0.2, 0.25) is 0 Å². The summed E-state index contributed by atoms with van der Waals surface area (Å²) in [5, 5.41) is 11.4. The molecule has 5 heteroatoms. The molecule has 98 valence electrons. The summed E-state index contributed by atoms with van der Waals surface area (Å²) in [4.78, 5) is 24.1. The van der Waals surface area contributed by atoms with Crippen LogP contribution in [0, 0.1) is 0 Å². The fourth-order valence-corrected chi connectivity index (χ4v) is 1.88. The molecule has 1 rings (SSSR count). The monoisotopic (exact) mass is 242 g/mol. The molecule has 0 bridgehead atoms. The first-order chi connectivity index (χ1) is 8.04. The molecule has 1 unspecified atom stereocenters. The number of carbonyl (C=O) groups is 2. The summed E-state index contributed by atoms with van der Waals surface area (Å²) in [6, 6.07) is 0.443. The summed E-state index contributed by atoms with van der Waals surface area (Å²) in [6.07, 6.45) is 3.69. The van der Waals surface area contributed by atoms with Gasteiger partial charge in [-0.15, -0.1) is 0 Å². The van der Waals surface area contributed by atoms with Crippen molar-refractivity contribution < 1.29 is 14.7 Å². The third-order valence-corrected chi connectivity index (χ3v) is 2.99. The van der Waals surface area contributed by atoms with Gasteiger partial charge in [-0.25, -0.2) is 4.79 Å². The van der Waals surface area contributed by atoms with E-state index in [2.05, 4.69) is 5.32 Å². The standard InChI is InChI=1S/C12H22N2O3/c1-3-14(10-7-8-10)12(17)13-9(2)5-4-6-11(15)16/h9-10H,3-8H2,1-2H3,(H,13,17)(H,15,16). The Balaban J connectivity index is 2.22. The minimum atomic E-state index is -0.781. The molecule has 2 amide bonds. The predicted molar refractivity (Wildman–Crippen MR) is 64.9 cm³/mol. The van der Waals surface area contributed by atoms with Crippen LogP contribution in [0.5, 0.6) is 0 Å². The number of nitrogens with one attached hydrogen (secondary N) is 1. The van der Waals surface area contributed by atoms with Crippen molar-refractivity contribution >= 4 is 12.0 Å². The van der Waals surface area contributed by atoms with Gasteiger partial charge >= 0.3 is 12.0 Å². The van der Waals surface area contributed by atoms with Crippen molar-refractivity contribution in [2.24, 2.45) is 0 Å². The number of amides is 2. The third-order valence-electron chi connectivity index (χ3n) is 2.99. The summed E-state index contributed by atoms with van der Waals surface area (Å²) >= 11 is 0. The van der Waals surface area contributed by atoms with E-state index in [0.717, 1.165) is 19.4 Å². The van der Waals surface area contributed by atoms with E-state index < -0.39 is 5.97 Å². The van der Waals surface area contributed by atoms with Crippen molar-refractivity contribution in [1.29, 1.82) is 0 Å². The largest absolute Gasteiger partial charge is 0.481 e. The lowest BCUT2D eigenvalue weighted by Gasteiger charge is -2.23. The van der Waals surface area contributed by atoms with Gasteiger partial charge in [0.1, 0.15) is 0 Å². The molecule has 0 aromatic rings. The summed E-state index contributed by atoms with van der Waals surface area (Å²) < 4.78 is 0. The topological polar surface area (TPSA) is 69.6 Å². The van der Waals surface area contributed by atoms with Gasteiger partial charge < -0.3 is 15.3 Å². The Bertz CT molecular complexity index is 277. The Kier molecular flexibility index (Phi) is 5.25. The molecule has 0 aromatic heterocycles. The van der Waals surface area contributed by atoms with E-state index in [9.17, 15) is 9.59 Å². The van der Waals surface area contributed by atoms with Crippen LogP contribution in [0.4, 0.5) is 4.79 Å². The van der Waals surface area contributed by atoms with E-state index in [0.29, 0.717) is 18.9 Å². The van der Waals surface area contributed by atoms with Crippen molar-refractivity contribution in [1.82, 2.24) is 10.2 Å². The van der Waals surface area contributed by atoms with Gasteiger partial charge in [0, 0.05) is 25.0 Å². The van der Waals surface area contributed by atoms with Gasteiger partial charge in [0.15, 0.2) is 0 Å².